The fourth-order valence-electron chi connectivity index (χ4n) is 3.99. The Balaban J connectivity index is 1.69. The minimum Gasteiger partial charge on any atom is -0.481 e. The number of fused-ring (bicyclic) bond motifs is 3. The molecule has 2 atom stereocenters. The van der Waals surface area contributed by atoms with Crippen molar-refractivity contribution in [1.82, 2.24) is 10.3 Å². The van der Waals surface area contributed by atoms with Crippen molar-refractivity contribution >= 4 is 11.9 Å². The lowest BCUT2D eigenvalue weighted by Crippen LogP contribution is -2.50. The van der Waals surface area contributed by atoms with E-state index in [9.17, 15) is 14.7 Å². The third kappa shape index (κ3) is 2.77. The molecule has 3 fully saturated rings. The van der Waals surface area contributed by atoms with Crippen molar-refractivity contribution in [3.8, 4) is 0 Å². The van der Waals surface area contributed by atoms with E-state index < -0.39 is 11.9 Å². The van der Waals surface area contributed by atoms with Crippen molar-refractivity contribution in [2.24, 2.45) is 23.7 Å². The first-order valence-corrected chi connectivity index (χ1v) is 7.56. The van der Waals surface area contributed by atoms with Gasteiger partial charge in [0.15, 0.2) is 0 Å². The number of hydrogen-bond donors (Lipinski definition) is 2. The predicted molar refractivity (Wildman–Crippen MR) is 76.1 cm³/mol. The largest absolute Gasteiger partial charge is 0.481 e. The Bertz CT molecular complexity index is 524. The van der Waals surface area contributed by atoms with Gasteiger partial charge >= 0.3 is 5.97 Å². The van der Waals surface area contributed by atoms with Crippen molar-refractivity contribution in [3.63, 3.8) is 0 Å². The van der Waals surface area contributed by atoms with E-state index in [1.54, 1.807) is 12.4 Å². The van der Waals surface area contributed by atoms with Crippen LogP contribution >= 0.6 is 0 Å². The minimum atomic E-state index is -0.812. The summed E-state index contributed by atoms with van der Waals surface area (Å²) in [6, 6.07) is 3.70. The number of carbonyl (C=O) groups excluding carboxylic acids is 1. The molecule has 2 N–H and O–H groups in total. The number of carboxylic acid groups (broad SMARTS) is 1. The van der Waals surface area contributed by atoms with Gasteiger partial charge in [0.25, 0.3) is 0 Å². The Hall–Kier alpha value is -1.91. The number of rotatable bonds is 4. The number of carbonyl (C=O) groups is 2. The van der Waals surface area contributed by atoms with E-state index in [0.29, 0.717) is 6.54 Å². The van der Waals surface area contributed by atoms with Crippen LogP contribution in [0.5, 0.6) is 0 Å². The maximum atomic E-state index is 12.5. The molecule has 0 spiro atoms. The topological polar surface area (TPSA) is 79.3 Å². The van der Waals surface area contributed by atoms with Crippen LogP contribution in [0.15, 0.2) is 24.5 Å². The Kier molecular flexibility index (Phi) is 3.90. The highest BCUT2D eigenvalue weighted by atomic mass is 16.4. The molecule has 1 aromatic rings. The van der Waals surface area contributed by atoms with E-state index >= 15 is 0 Å². The fourth-order valence-corrected chi connectivity index (χ4v) is 3.99. The lowest BCUT2D eigenvalue weighted by molar-refractivity contribution is -0.158. The standard InChI is InChI=1S/C16H20N2O3/c19-15(18-9-10-5-7-17-8-6-10)13-11-1-3-12(4-2-11)14(13)16(20)21/h5-8,11-14H,1-4,9H2,(H,18,19)(H,20,21)/t11?,12?,13-,14-/m0/s1. The molecule has 0 radical (unpaired) electrons. The van der Waals surface area contributed by atoms with Crippen LogP contribution in [0.4, 0.5) is 0 Å². The first-order chi connectivity index (χ1) is 10.2. The number of amides is 1. The number of nitrogens with one attached hydrogen (secondary N) is 1. The Labute approximate surface area is 123 Å². The molecular formula is C16H20N2O3. The molecule has 2 bridgehead atoms. The first kappa shape index (κ1) is 14.0. The van der Waals surface area contributed by atoms with Crippen LogP contribution in [0.1, 0.15) is 31.2 Å². The van der Waals surface area contributed by atoms with E-state index in [1.807, 2.05) is 12.1 Å². The van der Waals surface area contributed by atoms with Crippen molar-refractivity contribution in [1.29, 1.82) is 0 Å². The quantitative estimate of drug-likeness (QED) is 0.886. The SMILES string of the molecule is O=C(O)[C@H]1C2CCC(CC2)[C@@H]1C(=O)NCc1ccncc1. The summed E-state index contributed by atoms with van der Waals surface area (Å²) in [5.41, 5.74) is 0.978. The number of aliphatic carboxylic acids is 1. The van der Waals surface area contributed by atoms with Crippen LogP contribution in [-0.2, 0) is 16.1 Å². The summed E-state index contributed by atoms with van der Waals surface area (Å²) in [5, 5.41) is 12.4. The van der Waals surface area contributed by atoms with Crippen LogP contribution in [-0.4, -0.2) is 22.0 Å². The highest BCUT2D eigenvalue weighted by Gasteiger charge is 2.50. The number of pyridine rings is 1. The molecule has 1 aromatic heterocycles. The van der Waals surface area contributed by atoms with Crippen LogP contribution in [0.2, 0.25) is 0 Å². The molecule has 5 heteroatoms. The fraction of sp³-hybridized carbons (Fsp3) is 0.562. The zero-order valence-corrected chi connectivity index (χ0v) is 11.9. The lowest BCUT2D eigenvalue weighted by Gasteiger charge is -2.45. The molecule has 4 rings (SSSR count). The molecule has 112 valence electrons. The van der Waals surface area contributed by atoms with Crippen molar-refractivity contribution in [3.05, 3.63) is 30.1 Å². The average molecular weight is 288 g/mol. The second kappa shape index (κ2) is 5.84. The summed E-state index contributed by atoms with van der Waals surface area (Å²) in [4.78, 5) is 28.0. The van der Waals surface area contributed by atoms with Crippen LogP contribution < -0.4 is 5.32 Å². The number of aromatic nitrogens is 1. The van der Waals surface area contributed by atoms with E-state index in [4.69, 9.17) is 0 Å². The summed E-state index contributed by atoms with van der Waals surface area (Å²) in [6.45, 7) is 0.432. The van der Waals surface area contributed by atoms with Gasteiger partial charge in [-0.15, -0.1) is 0 Å². The zero-order chi connectivity index (χ0) is 14.8. The van der Waals surface area contributed by atoms with E-state index in [0.717, 1.165) is 31.2 Å². The van der Waals surface area contributed by atoms with Crippen molar-refractivity contribution in [2.75, 3.05) is 0 Å². The Morgan fingerprint density at radius 2 is 1.67 bits per heavy atom. The molecule has 3 aliphatic carbocycles. The van der Waals surface area contributed by atoms with Gasteiger partial charge in [0.2, 0.25) is 5.91 Å². The minimum absolute atomic E-state index is 0.103. The second-order valence-electron chi connectivity index (χ2n) is 6.14. The van der Waals surface area contributed by atoms with E-state index in [-0.39, 0.29) is 23.7 Å². The second-order valence-corrected chi connectivity index (χ2v) is 6.14. The summed E-state index contributed by atoms with van der Waals surface area (Å²) >= 11 is 0. The van der Waals surface area contributed by atoms with Crippen LogP contribution in [0, 0.1) is 23.7 Å². The predicted octanol–water partition coefficient (Wildman–Crippen LogP) is 1.83. The number of carboxylic acids is 1. The summed E-state index contributed by atoms with van der Waals surface area (Å²) in [5.74, 6) is -1.38. The smallest absolute Gasteiger partial charge is 0.307 e. The van der Waals surface area contributed by atoms with E-state index in [1.165, 1.54) is 0 Å². The lowest BCUT2D eigenvalue weighted by atomic mass is 9.58. The maximum absolute atomic E-state index is 12.5. The third-order valence-electron chi connectivity index (χ3n) is 5.02. The monoisotopic (exact) mass is 288 g/mol. The molecule has 21 heavy (non-hydrogen) atoms. The molecule has 5 nitrogen and oxygen atoms in total. The molecule has 0 saturated heterocycles. The molecule has 1 heterocycles. The highest BCUT2D eigenvalue weighted by molar-refractivity contribution is 5.85. The van der Waals surface area contributed by atoms with Gasteiger partial charge in [-0.25, -0.2) is 0 Å². The number of nitrogens with zero attached hydrogens (tertiary/aromatic N) is 1. The molecule has 3 aliphatic rings. The average Bonchev–Trinajstić information content (AvgIpc) is 2.53. The molecule has 0 aliphatic heterocycles. The van der Waals surface area contributed by atoms with Gasteiger partial charge in [-0.2, -0.15) is 0 Å². The van der Waals surface area contributed by atoms with Gasteiger partial charge in [-0.05, 0) is 55.2 Å². The van der Waals surface area contributed by atoms with Crippen LogP contribution in [0.25, 0.3) is 0 Å². The van der Waals surface area contributed by atoms with Gasteiger partial charge in [0, 0.05) is 18.9 Å². The summed E-state index contributed by atoms with van der Waals surface area (Å²) in [6.07, 6.45) is 7.25. The van der Waals surface area contributed by atoms with Gasteiger partial charge in [-0.3, -0.25) is 14.6 Å². The molecule has 3 saturated carbocycles. The highest BCUT2D eigenvalue weighted by Crippen LogP contribution is 2.49. The first-order valence-electron chi connectivity index (χ1n) is 7.56. The summed E-state index contributed by atoms with van der Waals surface area (Å²) < 4.78 is 0. The Morgan fingerprint density at radius 3 is 2.24 bits per heavy atom. The van der Waals surface area contributed by atoms with Gasteiger partial charge in [-0.1, -0.05) is 0 Å². The molecule has 0 unspecified atom stereocenters. The number of hydrogen-bond acceptors (Lipinski definition) is 3. The van der Waals surface area contributed by atoms with Crippen LogP contribution in [0.3, 0.4) is 0 Å². The molecule has 0 aromatic carbocycles. The maximum Gasteiger partial charge on any atom is 0.307 e. The zero-order valence-electron chi connectivity index (χ0n) is 11.9. The third-order valence-corrected chi connectivity index (χ3v) is 5.02. The van der Waals surface area contributed by atoms with Crippen molar-refractivity contribution in [2.45, 2.75) is 32.2 Å². The van der Waals surface area contributed by atoms with Gasteiger partial charge in [0.05, 0.1) is 11.8 Å². The summed E-state index contributed by atoms with van der Waals surface area (Å²) in [7, 11) is 0. The van der Waals surface area contributed by atoms with E-state index in [2.05, 4.69) is 10.3 Å². The Morgan fingerprint density at radius 1 is 1.10 bits per heavy atom. The van der Waals surface area contributed by atoms with Crippen molar-refractivity contribution < 1.29 is 14.7 Å². The van der Waals surface area contributed by atoms with Gasteiger partial charge in [0.1, 0.15) is 0 Å². The van der Waals surface area contributed by atoms with Gasteiger partial charge < -0.3 is 10.4 Å². The molecule has 1 amide bonds. The molecular weight excluding hydrogens is 268 g/mol. The normalized spacial score (nSPS) is 30.9.